The van der Waals surface area contributed by atoms with Crippen molar-refractivity contribution in [2.45, 2.75) is 26.3 Å². The second-order valence-electron chi connectivity index (χ2n) is 2.89. The van der Waals surface area contributed by atoms with Crippen LogP contribution in [0, 0.1) is 0 Å². The van der Waals surface area contributed by atoms with Gasteiger partial charge in [-0.25, -0.2) is 0 Å². The topological polar surface area (TPSA) is 6.25 Å². The maximum Gasteiger partial charge on any atom is 0.181 e. The average Bonchev–Trinajstić information content (AvgIpc) is 1.98. The van der Waals surface area contributed by atoms with E-state index in [9.17, 15) is 0 Å². The van der Waals surface area contributed by atoms with E-state index >= 15 is 0 Å². The first-order valence-corrected chi connectivity index (χ1v) is 3.42. The fourth-order valence-electron chi connectivity index (χ4n) is 1.26. The van der Waals surface area contributed by atoms with Crippen LogP contribution in [0.3, 0.4) is 0 Å². The predicted molar refractivity (Wildman–Crippen MR) is 38.7 cm³/mol. The standard InChI is InChI=1S/C7H15N2/c1-6-5-7(2)9(4)8(6)3/h6H,5H2,1-4H3/q+1. The van der Waals surface area contributed by atoms with E-state index in [0.717, 1.165) is 0 Å². The summed E-state index contributed by atoms with van der Waals surface area (Å²) in [4.78, 5) is 0. The molecule has 1 aliphatic rings. The minimum absolute atomic E-state index is 0.690. The first kappa shape index (κ1) is 6.59. The minimum atomic E-state index is 0.690. The van der Waals surface area contributed by atoms with Gasteiger partial charge in [-0.15, -0.1) is 4.68 Å². The zero-order valence-electron chi connectivity index (χ0n) is 6.68. The maximum atomic E-state index is 2.26. The predicted octanol–water partition coefficient (Wildman–Crippen LogP) is 0.729. The molecule has 9 heavy (non-hydrogen) atoms. The van der Waals surface area contributed by atoms with Crippen molar-refractivity contribution >= 4 is 5.71 Å². The van der Waals surface area contributed by atoms with Crippen LogP contribution in [0.1, 0.15) is 20.3 Å². The van der Waals surface area contributed by atoms with Crippen LogP contribution in [0.15, 0.2) is 0 Å². The summed E-state index contributed by atoms with van der Waals surface area (Å²) in [7, 11) is 4.24. The highest BCUT2D eigenvalue weighted by Gasteiger charge is 2.27. The molecule has 0 aliphatic carbocycles. The molecular formula is C7H15N2+. The Balaban J connectivity index is 2.74. The van der Waals surface area contributed by atoms with E-state index in [-0.39, 0.29) is 0 Å². The van der Waals surface area contributed by atoms with Crippen LogP contribution in [0.5, 0.6) is 0 Å². The summed E-state index contributed by atoms with van der Waals surface area (Å²) in [5.74, 6) is 0. The zero-order valence-corrected chi connectivity index (χ0v) is 6.68. The Kier molecular flexibility index (Phi) is 1.47. The van der Waals surface area contributed by atoms with E-state index in [0.29, 0.717) is 6.04 Å². The Morgan fingerprint density at radius 2 is 2.22 bits per heavy atom. The smallest absolute Gasteiger partial charge is 0.181 e. The molecule has 0 fully saturated rings. The van der Waals surface area contributed by atoms with Gasteiger partial charge in [0.05, 0.1) is 19.5 Å². The van der Waals surface area contributed by atoms with E-state index in [1.54, 1.807) is 0 Å². The van der Waals surface area contributed by atoms with Crippen LogP contribution in [-0.4, -0.2) is 35.5 Å². The molecule has 2 heteroatoms. The highest BCUT2D eigenvalue weighted by molar-refractivity contribution is 5.78. The first-order valence-electron chi connectivity index (χ1n) is 3.42. The molecular weight excluding hydrogens is 112 g/mol. The Bertz CT molecular complexity index is 149. The van der Waals surface area contributed by atoms with E-state index < -0.39 is 0 Å². The lowest BCUT2D eigenvalue weighted by Gasteiger charge is -2.10. The Hall–Kier alpha value is -0.530. The third kappa shape index (κ3) is 0.934. The molecule has 0 aromatic rings. The Morgan fingerprint density at radius 1 is 1.67 bits per heavy atom. The van der Waals surface area contributed by atoms with Gasteiger partial charge >= 0.3 is 0 Å². The summed E-state index contributed by atoms with van der Waals surface area (Å²) in [6, 6.07) is 0.690. The van der Waals surface area contributed by atoms with Crippen LogP contribution in [0.2, 0.25) is 0 Å². The van der Waals surface area contributed by atoms with Gasteiger partial charge in [-0.3, -0.25) is 0 Å². The lowest BCUT2D eigenvalue weighted by Crippen LogP contribution is -2.29. The van der Waals surface area contributed by atoms with Crippen LogP contribution in [-0.2, 0) is 0 Å². The second-order valence-corrected chi connectivity index (χ2v) is 2.89. The van der Waals surface area contributed by atoms with Crippen LogP contribution in [0.25, 0.3) is 0 Å². The summed E-state index contributed by atoms with van der Waals surface area (Å²) in [5, 5.41) is 2.26. The molecule has 0 aromatic carbocycles. The number of hydrogen-bond acceptors (Lipinski definition) is 1. The first-order chi connectivity index (χ1) is 4.13. The number of hydrazine groups is 1. The molecule has 0 saturated heterocycles. The zero-order chi connectivity index (χ0) is 7.02. The third-order valence-electron chi connectivity index (χ3n) is 2.25. The highest BCUT2D eigenvalue weighted by atomic mass is 15.6. The van der Waals surface area contributed by atoms with Crippen LogP contribution in [0.4, 0.5) is 0 Å². The molecule has 0 spiro atoms. The van der Waals surface area contributed by atoms with Crippen molar-refractivity contribution in [3.63, 3.8) is 0 Å². The van der Waals surface area contributed by atoms with Gasteiger partial charge in [0.2, 0.25) is 0 Å². The van der Waals surface area contributed by atoms with Crippen molar-refractivity contribution < 1.29 is 4.68 Å². The Labute approximate surface area is 56.8 Å². The molecule has 1 heterocycles. The molecule has 52 valence electrons. The average molecular weight is 127 g/mol. The molecule has 1 unspecified atom stereocenters. The van der Waals surface area contributed by atoms with Crippen LogP contribution >= 0.6 is 0 Å². The van der Waals surface area contributed by atoms with E-state index in [2.05, 4.69) is 37.6 Å². The van der Waals surface area contributed by atoms with Gasteiger partial charge in [-0.05, 0) is 6.92 Å². The minimum Gasteiger partial charge on any atom is -0.186 e. The SMILES string of the molecule is CC1=[N+](C)N(C)C(C)C1. The lowest BCUT2D eigenvalue weighted by molar-refractivity contribution is -0.658. The van der Waals surface area contributed by atoms with Gasteiger partial charge in [0.1, 0.15) is 0 Å². The molecule has 1 rings (SSSR count). The van der Waals surface area contributed by atoms with E-state index in [1.807, 2.05) is 0 Å². The fraction of sp³-hybridized carbons (Fsp3) is 0.857. The molecule has 0 radical (unpaired) electrons. The largest absolute Gasteiger partial charge is 0.186 e. The molecule has 1 atom stereocenters. The van der Waals surface area contributed by atoms with Gasteiger partial charge < -0.3 is 0 Å². The van der Waals surface area contributed by atoms with Crippen molar-refractivity contribution in [2.24, 2.45) is 0 Å². The van der Waals surface area contributed by atoms with Gasteiger partial charge in [-0.1, -0.05) is 0 Å². The van der Waals surface area contributed by atoms with Crippen molar-refractivity contribution in [1.82, 2.24) is 5.01 Å². The van der Waals surface area contributed by atoms with Crippen molar-refractivity contribution in [1.29, 1.82) is 0 Å². The van der Waals surface area contributed by atoms with Crippen molar-refractivity contribution in [2.75, 3.05) is 14.1 Å². The summed E-state index contributed by atoms with van der Waals surface area (Å²) >= 11 is 0. The van der Waals surface area contributed by atoms with Gasteiger partial charge in [0.15, 0.2) is 12.8 Å². The van der Waals surface area contributed by atoms with Crippen molar-refractivity contribution in [3.05, 3.63) is 0 Å². The normalized spacial score (nSPS) is 28.0. The van der Waals surface area contributed by atoms with Gasteiger partial charge in [-0.2, -0.15) is 5.01 Å². The highest BCUT2D eigenvalue weighted by Crippen LogP contribution is 2.09. The number of hydrogen-bond donors (Lipinski definition) is 0. The summed E-state index contributed by atoms with van der Waals surface area (Å²) in [5.41, 5.74) is 1.46. The molecule has 1 aliphatic heterocycles. The van der Waals surface area contributed by atoms with Gasteiger partial charge in [0.25, 0.3) is 0 Å². The van der Waals surface area contributed by atoms with E-state index in [1.165, 1.54) is 12.1 Å². The molecule has 0 saturated carbocycles. The molecule has 0 N–H and O–H groups in total. The summed E-state index contributed by atoms with van der Waals surface area (Å²) in [6.45, 7) is 4.42. The number of rotatable bonds is 0. The second kappa shape index (κ2) is 2.01. The molecule has 0 aromatic heterocycles. The van der Waals surface area contributed by atoms with E-state index in [4.69, 9.17) is 0 Å². The Morgan fingerprint density at radius 3 is 2.33 bits per heavy atom. The van der Waals surface area contributed by atoms with Gasteiger partial charge in [0, 0.05) is 6.92 Å². The molecule has 2 nitrogen and oxygen atoms in total. The quantitative estimate of drug-likeness (QED) is 0.435. The number of nitrogens with zero attached hydrogens (tertiary/aromatic N) is 2. The summed E-state index contributed by atoms with van der Waals surface area (Å²) in [6.07, 6.45) is 1.22. The monoisotopic (exact) mass is 127 g/mol. The van der Waals surface area contributed by atoms with Crippen LogP contribution < -0.4 is 0 Å². The van der Waals surface area contributed by atoms with Crippen molar-refractivity contribution in [3.8, 4) is 0 Å². The fourth-order valence-corrected chi connectivity index (χ4v) is 1.26. The third-order valence-corrected chi connectivity index (χ3v) is 2.25. The number of hydrazone groups is 1. The molecule has 0 amide bonds. The maximum absolute atomic E-state index is 2.26. The lowest BCUT2D eigenvalue weighted by atomic mass is 10.2. The summed E-state index contributed by atoms with van der Waals surface area (Å²) < 4.78 is 2.21. The molecule has 0 bridgehead atoms.